The first kappa shape index (κ1) is 16.2. The fourth-order valence-electron chi connectivity index (χ4n) is 0. The van der Waals surface area contributed by atoms with Gasteiger partial charge in [-0.05, 0) is 0 Å². The van der Waals surface area contributed by atoms with E-state index in [0.717, 1.165) is 0 Å². The maximum atomic E-state index is 8.88. The van der Waals surface area contributed by atoms with Gasteiger partial charge in [0, 0.05) is 0 Å². The van der Waals surface area contributed by atoms with Crippen molar-refractivity contribution in [1.82, 2.24) is 0 Å². The van der Waals surface area contributed by atoms with Crippen LogP contribution in [0.5, 0.6) is 0 Å². The van der Waals surface area contributed by atoms with Crippen molar-refractivity contribution < 1.29 is 19.2 Å². The normalized spacial score (nSPS) is 8.43. The molecule has 0 aromatic heterocycles. The molecule has 0 saturated carbocycles. The molecule has 0 fully saturated rings. The second kappa shape index (κ2) is 6.50. The van der Waals surface area contributed by atoms with Gasteiger partial charge in [-0.2, -0.15) is 0 Å². The Morgan fingerprint density at radius 2 is 1.14 bits per heavy atom. The van der Waals surface area contributed by atoms with Gasteiger partial charge < -0.3 is 14.7 Å². The molecule has 0 aliphatic heterocycles. The summed E-state index contributed by atoms with van der Waals surface area (Å²) in [6.45, 7) is 0. The van der Waals surface area contributed by atoms with Gasteiger partial charge >= 0.3 is 79.0 Å². The molecular weight excluding hydrogens is 204 g/mol. The summed E-state index contributed by atoms with van der Waals surface area (Å²) >= 11 is 0. The predicted octanol–water partition coefficient (Wildman–Crippen LogP) is -2.76. The number of hydrogen-bond acceptors (Lipinski definition) is 1. The fraction of sp³-hybridized carbons (Fsp3) is 0. The Morgan fingerprint density at radius 1 is 1.14 bits per heavy atom. The topological polar surface area (TPSA) is 77.8 Å². The van der Waals surface area contributed by atoms with Crippen LogP contribution in [0, 0.1) is 0 Å². The van der Waals surface area contributed by atoms with Crippen molar-refractivity contribution in [2.75, 3.05) is 0 Å². The van der Waals surface area contributed by atoms with Crippen LogP contribution in [0.25, 0.3) is 0 Å². The molecular formula is H7GaKO4P. The van der Waals surface area contributed by atoms with Crippen molar-refractivity contribution in [3.63, 3.8) is 0 Å². The Bertz CT molecular complexity index is 57.8. The third-order valence-corrected chi connectivity index (χ3v) is 0. The summed E-state index contributed by atoms with van der Waals surface area (Å²) in [4.78, 5) is 21.6. The van der Waals surface area contributed by atoms with Crippen molar-refractivity contribution >= 4 is 79.0 Å². The molecule has 0 saturated heterocycles. The number of phosphoric acid groups is 1. The first-order chi connectivity index (χ1) is 2.00. The van der Waals surface area contributed by atoms with Gasteiger partial charge in [0.25, 0.3) is 0 Å². The molecule has 0 aromatic carbocycles. The van der Waals surface area contributed by atoms with Crippen LogP contribution in [-0.4, -0.2) is 85.9 Å². The van der Waals surface area contributed by atoms with Crippen LogP contribution in [0.15, 0.2) is 0 Å². The van der Waals surface area contributed by atoms with Crippen molar-refractivity contribution in [2.45, 2.75) is 0 Å². The second-order valence-electron chi connectivity index (χ2n) is 0.513. The Labute approximate surface area is 96.4 Å². The molecule has 40 valence electrons. The molecule has 0 aromatic rings. The molecule has 0 aliphatic carbocycles. The molecule has 0 spiro atoms. The molecule has 0 radical (unpaired) electrons. The Balaban J connectivity index is -0.0000000800. The zero-order valence-corrected chi connectivity index (χ0v) is 3.09. The zero-order chi connectivity index (χ0) is 4.50. The van der Waals surface area contributed by atoms with Crippen LogP contribution in [0.4, 0.5) is 0 Å². The van der Waals surface area contributed by atoms with E-state index in [9.17, 15) is 0 Å². The SMILES string of the molecule is O=P(O)(O)O.[GaH3].[KH]. The summed E-state index contributed by atoms with van der Waals surface area (Å²) < 4.78 is 8.88. The number of hydrogen-bond donors (Lipinski definition) is 3. The van der Waals surface area contributed by atoms with Gasteiger partial charge in [0.2, 0.25) is 0 Å². The Kier molecular flexibility index (Phi) is 15.0. The molecule has 0 heterocycles. The molecule has 0 rings (SSSR count). The third kappa shape index (κ3) is 60.2. The molecule has 0 unspecified atom stereocenters. The summed E-state index contributed by atoms with van der Waals surface area (Å²) in [5.41, 5.74) is 0. The maximum absolute atomic E-state index is 8.88. The van der Waals surface area contributed by atoms with Crippen LogP contribution in [0.2, 0.25) is 0 Å². The minimum absolute atomic E-state index is 0. The first-order valence-electron chi connectivity index (χ1n) is 0.783. The van der Waals surface area contributed by atoms with Crippen molar-refractivity contribution in [3.8, 4) is 0 Å². The summed E-state index contributed by atoms with van der Waals surface area (Å²) in [7, 11) is -4.64. The molecule has 7 heteroatoms. The quantitative estimate of drug-likeness (QED) is 0.299. The van der Waals surface area contributed by atoms with E-state index in [1.54, 1.807) is 0 Å². The molecule has 0 bridgehead atoms. The Hall–Kier alpha value is 2.38. The first-order valence-corrected chi connectivity index (χ1v) is 2.35. The van der Waals surface area contributed by atoms with E-state index in [0.29, 0.717) is 0 Å². The average Bonchev–Trinajstić information content (AvgIpc) is 0.722. The van der Waals surface area contributed by atoms with Crippen LogP contribution < -0.4 is 0 Å². The van der Waals surface area contributed by atoms with E-state index in [-0.39, 0.29) is 71.2 Å². The average molecular weight is 211 g/mol. The molecule has 0 atom stereocenters. The minimum atomic E-state index is -4.64. The van der Waals surface area contributed by atoms with E-state index in [1.165, 1.54) is 0 Å². The summed E-state index contributed by atoms with van der Waals surface area (Å²) in [6.07, 6.45) is 0. The van der Waals surface area contributed by atoms with E-state index in [1.807, 2.05) is 0 Å². The van der Waals surface area contributed by atoms with Gasteiger partial charge in [0.05, 0.1) is 0 Å². The van der Waals surface area contributed by atoms with Gasteiger partial charge in [-0.1, -0.05) is 0 Å². The summed E-state index contributed by atoms with van der Waals surface area (Å²) in [5.74, 6) is 0. The fourth-order valence-corrected chi connectivity index (χ4v) is 0. The van der Waals surface area contributed by atoms with Crippen LogP contribution >= 0.6 is 7.82 Å². The molecule has 4 nitrogen and oxygen atoms in total. The van der Waals surface area contributed by atoms with Crippen LogP contribution in [0.1, 0.15) is 0 Å². The monoisotopic (exact) mass is 210 g/mol. The molecule has 0 amide bonds. The predicted molar refractivity (Wildman–Crippen MR) is 31.4 cm³/mol. The van der Waals surface area contributed by atoms with Gasteiger partial charge in [0.15, 0.2) is 0 Å². The van der Waals surface area contributed by atoms with E-state index < -0.39 is 7.82 Å². The second-order valence-corrected chi connectivity index (χ2v) is 1.54. The zero-order valence-electron chi connectivity index (χ0n) is 2.20. The van der Waals surface area contributed by atoms with Crippen molar-refractivity contribution in [3.05, 3.63) is 0 Å². The van der Waals surface area contributed by atoms with Crippen LogP contribution in [0.3, 0.4) is 0 Å². The molecule has 0 aliphatic rings. The van der Waals surface area contributed by atoms with Crippen LogP contribution in [-0.2, 0) is 4.57 Å². The van der Waals surface area contributed by atoms with E-state index in [4.69, 9.17) is 19.2 Å². The van der Waals surface area contributed by atoms with E-state index >= 15 is 0 Å². The summed E-state index contributed by atoms with van der Waals surface area (Å²) in [6, 6.07) is 0. The van der Waals surface area contributed by atoms with Crippen molar-refractivity contribution in [2.24, 2.45) is 0 Å². The van der Waals surface area contributed by atoms with Gasteiger partial charge in [-0.3, -0.25) is 0 Å². The standard InChI is InChI=1S/Ga.K.H3O4P.4H/c;;1-5(2,3)4;;;;/h;;(H3,1,2,3,4);;;;. The van der Waals surface area contributed by atoms with Crippen molar-refractivity contribution in [1.29, 1.82) is 0 Å². The van der Waals surface area contributed by atoms with Gasteiger partial charge in [-0.25, -0.2) is 4.57 Å². The molecule has 3 N–H and O–H groups in total. The molecule has 7 heavy (non-hydrogen) atoms. The Morgan fingerprint density at radius 3 is 1.14 bits per heavy atom. The number of rotatable bonds is 0. The van der Waals surface area contributed by atoms with Gasteiger partial charge in [-0.15, -0.1) is 0 Å². The third-order valence-electron chi connectivity index (χ3n) is 0. The summed E-state index contributed by atoms with van der Waals surface area (Å²) in [5, 5.41) is 0. The van der Waals surface area contributed by atoms with Gasteiger partial charge in [0.1, 0.15) is 0 Å². The van der Waals surface area contributed by atoms with E-state index in [2.05, 4.69) is 0 Å².